The molecule has 0 unspecified atom stereocenters. The Kier molecular flexibility index (Phi) is 5.38. The maximum Gasteiger partial charge on any atom is 0.220 e. The van der Waals surface area contributed by atoms with Gasteiger partial charge in [0.15, 0.2) is 0 Å². The van der Waals surface area contributed by atoms with Gasteiger partial charge in [0.05, 0.1) is 18.3 Å². The van der Waals surface area contributed by atoms with Gasteiger partial charge in [0.25, 0.3) is 0 Å². The second-order valence-electron chi connectivity index (χ2n) is 9.48. The molecule has 9 atom stereocenters. The molecule has 2 aliphatic heterocycles. The van der Waals surface area contributed by atoms with Gasteiger partial charge in [0, 0.05) is 5.92 Å². The van der Waals surface area contributed by atoms with Gasteiger partial charge >= 0.3 is 0 Å². The summed E-state index contributed by atoms with van der Waals surface area (Å²) in [5.41, 5.74) is -0.591. The molecular weight excluding hydrogens is 384 g/mol. The third kappa shape index (κ3) is 3.28. The summed E-state index contributed by atoms with van der Waals surface area (Å²) in [6, 6.07) is 0. The first-order valence-corrected chi connectivity index (χ1v) is 10.3. The molecule has 29 heavy (non-hydrogen) atoms. The molecule has 0 aromatic carbocycles. The van der Waals surface area contributed by atoms with Gasteiger partial charge in [-0.2, -0.15) is 0 Å². The van der Waals surface area contributed by atoms with Gasteiger partial charge in [-0.05, 0) is 52.0 Å². The van der Waals surface area contributed by atoms with E-state index in [0.717, 1.165) is 24.8 Å². The molecule has 2 heterocycles. The van der Waals surface area contributed by atoms with Crippen LogP contribution in [0.1, 0.15) is 46.5 Å². The average molecular weight is 416 g/mol. The van der Waals surface area contributed by atoms with Crippen molar-refractivity contribution in [3.63, 3.8) is 0 Å². The van der Waals surface area contributed by atoms with Crippen LogP contribution in [0.25, 0.3) is 0 Å². The predicted octanol–water partition coefficient (Wildman–Crippen LogP) is -0.468. The fourth-order valence-electron chi connectivity index (χ4n) is 5.24. The maximum absolute atomic E-state index is 10.5. The second-order valence-corrected chi connectivity index (χ2v) is 9.48. The topological polar surface area (TPSA) is 138 Å². The highest BCUT2D eigenvalue weighted by Gasteiger charge is 2.66. The van der Waals surface area contributed by atoms with Gasteiger partial charge in [0.1, 0.15) is 35.6 Å². The molecule has 9 nitrogen and oxygen atoms in total. The molecule has 4 rings (SSSR count). The van der Waals surface area contributed by atoms with Crippen molar-refractivity contribution < 1.29 is 44.8 Å². The van der Waals surface area contributed by atoms with E-state index < -0.39 is 54.6 Å². The third-order valence-electron chi connectivity index (χ3n) is 7.16. The first-order valence-electron chi connectivity index (χ1n) is 10.3. The fraction of sp³-hybridized carbons (Fsp3) is 0.900. The first-order chi connectivity index (χ1) is 13.5. The van der Waals surface area contributed by atoms with Crippen LogP contribution < -0.4 is 0 Å². The van der Waals surface area contributed by atoms with Gasteiger partial charge in [-0.25, -0.2) is 9.78 Å². The lowest BCUT2D eigenvalue weighted by Crippen LogP contribution is -2.71. The fourth-order valence-corrected chi connectivity index (χ4v) is 5.24. The van der Waals surface area contributed by atoms with E-state index in [-0.39, 0.29) is 11.5 Å². The van der Waals surface area contributed by atoms with Crippen LogP contribution in [-0.4, -0.2) is 85.8 Å². The molecule has 1 saturated carbocycles. The normalized spacial score (nSPS) is 49.8. The molecule has 5 N–H and O–H groups in total. The summed E-state index contributed by atoms with van der Waals surface area (Å²) in [6.45, 7) is 5.21. The maximum atomic E-state index is 10.5. The summed E-state index contributed by atoms with van der Waals surface area (Å²) < 4.78 is 11.5. The molecule has 0 aromatic rings. The number of aliphatic hydroxyl groups is 5. The van der Waals surface area contributed by atoms with Crippen LogP contribution in [0.3, 0.4) is 0 Å². The van der Waals surface area contributed by atoms with Crippen LogP contribution in [0.15, 0.2) is 11.6 Å². The highest BCUT2D eigenvalue weighted by Crippen LogP contribution is 2.61. The van der Waals surface area contributed by atoms with Gasteiger partial charge in [0.2, 0.25) is 6.29 Å². The Labute approximate surface area is 169 Å². The van der Waals surface area contributed by atoms with Crippen LogP contribution in [0.5, 0.6) is 0 Å². The van der Waals surface area contributed by atoms with E-state index in [4.69, 9.17) is 19.2 Å². The van der Waals surface area contributed by atoms with Gasteiger partial charge < -0.3 is 35.0 Å². The van der Waals surface area contributed by atoms with Gasteiger partial charge in [-0.15, -0.1) is 0 Å². The zero-order valence-electron chi connectivity index (χ0n) is 17.0. The number of hydrogen-bond donors (Lipinski definition) is 5. The number of rotatable bonds is 5. The lowest BCUT2D eigenvalue weighted by molar-refractivity contribution is -0.459. The lowest BCUT2D eigenvalue weighted by Gasteiger charge is -2.65. The minimum Gasteiger partial charge on any atom is -0.394 e. The van der Waals surface area contributed by atoms with Crippen LogP contribution >= 0.6 is 0 Å². The smallest absolute Gasteiger partial charge is 0.220 e. The molecule has 9 heteroatoms. The van der Waals surface area contributed by atoms with Crippen LogP contribution in [0.2, 0.25) is 0 Å². The summed E-state index contributed by atoms with van der Waals surface area (Å²) in [4.78, 5) is 11.0. The summed E-state index contributed by atoms with van der Waals surface area (Å²) in [5.74, 6) is -0.0240. The second kappa shape index (κ2) is 7.22. The Balaban J connectivity index is 1.44. The molecule has 3 fully saturated rings. The average Bonchev–Trinajstić information content (AvgIpc) is 2.68. The van der Waals surface area contributed by atoms with Gasteiger partial charge in [-0.3, -0.25) is 0 Å². The first kappa shape index (κ1) is 21.6. The van der Waals surface area contributed by atoms with E-state index in [1.165, 1.54) is 0 Å². The zero-order chi connectivity index (χ0) is 21.2. The Morgan fingerprint density at radius 3 is 2.52 bits per heavy atom. The zero-order valence-corrected chi connectivity index (χ0v) is 17.0. The van der Waals surface area contributed by atoms with E-state index in [0.29, 0.717) is 6.42 Å². The number of ether oxygens (including phenoxy) is 2. The quantitative estimate of drug-likeness (QED) is 0.229. The summed E-state index contributed by atoms with van der Waals surface area (Å²) >= 11 is 0. The SMILES string of the molecule is CC(C)(OO[C@H]1O[C@@H](CO)[C@@H](O)[C@H](O)[C@H]1O)[C@H]1C=C2[C@@]3(C)CC[C@H](O)[C@]2(CC1)O3. The molecule has 2 saturated heterocycles. The molecule has 0 spiro atoms. The highest BCUT2D eigenvalue weighted by molar-refractivity contribution is 5.42. The molecular formula is C20H32O9. The summed E-state index contributed by atoms with van der Waals surface area (Å²) in [5, 5.41) is 49.6. The minimum atomic E-state index is -1.53. The van der Waals surface area contributed by atoms with Crippen molar-refractivity contribution in [1.29, 1.82) is 0 Å². The Hall–Kier alpha value is -0.620. The van der Waals surface area contributed by atoms with E-state index in [2.05, 4.69) is 6.08 Å². The third-order valence-corrected chi connectivity index (χ3v) is 7.16. The Bertz CT molecular complexity index is 664. The highest BCUT2D eigenvalue weighted by atomic mass is 17.2. The monoisotopic (exact) mass is 416 g/mol. The molecule has 0 amide bonds. The molecule has 2 bridgehead atoms. The van der Waals surface area contributed by atoms with Crippen molar-refractivity contribution in [2.75, 3.05) is 6.61 Å². The van der Waals surface area contributed by atoms with Crippen molar-refractivity contribution in [3.05, 3.63) is 11.6 Å². The molecule has 4 aliphatic rings. The molecule has 2 aliphatic carbocycles. The lowest BCUT2D eigenvalue weighted by atomic mass is 9.57. The van der Waals surface area contributed by atoms with Crippen molar-refractivity contribution in [2.24, 2.45) is 5.92 Å². The van der Waals surface area contributed by atoms with Crippen molar-refractivity contribution >= 4 is 0 Å². The van der Waals surface area contributed by atoms with E-state index >= 15 is 0 Å². The standard InChI is InChI=1S/C20H32O9/c1-18(2,29-27-17-16(25)15(24)14(23)11(9-21)26-17)10-4-7-20-12(8-10)19(3,28-20)6-5-13(20)22/h8,10-11,13-17,21-25H,4-7,9H2,1-3H3/t10-,11+,13+,14-,15+,16-,17-,19-,20-/m1/s1. The Morgan fingerprint density at radius 1 is 1.10 bits per heavy atom. The van der Waals surface area contributed by atoms with Crippen LogP contribution in [0.4, 0.5) is 0 Å². The summed E-state index contributed by atoms with van der Waals surface area (Å²) in [7, 11) is 0. The summed E-state index contributed by atoms with van der Waals surface area (Å²) in [6.07, 6.45) is -2.37. The van der Waals surface area contributed by atoms with Crippen molar-refractivity contribution in [2.45, 2.75) is 100 Å². The van der Waals surface area contributed by atoms with Crippen molar-refractivity contribution in [3.8, 4) is 0 Å². The number of hydrogen-bond acceptors (Lipinski definition) is 9. The van der Waals surface area contributed by atoms with E-state index in [1.54, 1.807) is 0 Å². The minimum absolute atomic E-state index is 0.0240. The molecule has 166 valence electrons. The van der Waals surface area contributed by atoms with E-state index in [1.807, 2.05) is 20.8 Å². The Morgan fingerprint density at radius 2 is 1.83 bits per heavy atom. The largest absolute Gasteiger partial charge is 0.394 e. The predicted molar refractivity (Wildman–Crippen MR) is 98.3 cm³/mol. The van der Waals surface area contributed by atoms with Crippen molar-refractivity contribution in [1.82, 2.24) is 0 Å². The molecule has 0 aromatic heterocycles. The van der Waals surface area contributed by atoms with Gasteiger partial charge in [-0.1, -0.05) is 6.08 Å². The van der Waals surface area contributed by atoms with Crippen LogP contribution in [0, 0.1) is 5.92 Å². The number of aliphatic hydroxyl groups excluding tert-OH is 5. The van der Waals surface area contributed by atoms with E-state index in [9.17, 15) is 25.5 Å². The van der Waals surface area contributed by atoms with Crippen LogP contribution in [-0.2, 0) is 19.2 Å². The molecule has 0 radical (unpaired) electrons.